The van der Waals surface area contributed by atoms with Crippen LogP contribution in [-0.2, 0) is 0 Å². The lowest BCUT2D eigenvalue weighted by atomic mass is 10.1. The van der Waals surface area contributed by atoms with Crippen molar-refractivity contribution in [2.45, 2.75) is 0 Å². The van der Waals surface area contributed by atoms with Gasteiger partial charge in [-0.1, -0.05) is 11.6 Å². The van der Waals surface area contributed by atoms with E-state index in [1.807, 2.05) is 0 Å². The monoisotopic (exact) mass is 277 g/mol. The van der Waals surface area contributed by atoms with Crippen molar-refractivity contribution < 1.29 is 9.90 Å². The van der Waals surface area contributed by atoms with Crippen molar-refractivity contribution in [3.63, 3.8) is 0 Å². The van der Waals surface area contributed by atoms with Crippen LogP contribution in [0.5, 0.6) is 0 Å². The predicted octanol–water partition coefficient (Wildman–Crippen LogP) is 2.95. The third-order valence-corrected chi connectivity index (χ3v) is 2.79. The molecule has 2 aromatic carbocycles. The molecule has 0 amide bonds. The molecule has 2 rings (SSSR count). The van der Waals surface area contributed by atoms with Crippen molar-refractivity contribution in [3.8, 4) is 0 Å². The number of anilines is 4. The van der Waals surface area contributed by atoms with Crippen LogP contribution >= 0.6 is 11.6 Å². The minimum absolute atomic E-state index is 0.112. The van der Waals surface area contributed by atoms with Gasteiger partial charge in [-0.05, 0) is 36.4 Å². The molecule has 0 fully saturated rings. The number of halogens is 1. The summed E-state index contributed by atoms with van der Waals surface area (Å²) in [5.41, 5.74) is 13.4. The minimum Gasteiger partial charge on any atom is -0.478 e. The van der Waals surface area contributed by atoms with E-state index in [0.29, 0.717) is 27.8 Å². The van der Waals surface area contributed by atoms with Crippen LogP contribution in [0, 0.1) is 0 Å². The molecule has 19 heavy (non-hydrogen) atoms. The lowest BCUT2D eigenvalue weighted by molar-refractivity contribution is 0.0698. The van der Waals surface area contributed by atoms with Gasteiger partial charge in [0, 0.05) is 10.7 Å². The van der Waals surface area contributed by atoms with Crippen LogP contribution in [0.15, 0.2) is 36.4 Å². The van der Waals surface area contributed by atoms with Gasteiger partial charge in [0.15, 0.2) is 0 Å². The Morgan fingerprint density at radius 3 is 2.47 bits per heavy atom. The topological polar surface area (TPSA) is 101 Å². The first-order valence-corrected chi connectivity index (χ1v) is 5.80. The molecule has 0 bridgehead atoms. The summed E-state index contributed by atoms with van der Waals surface area (Å²) >= 11 is 5.87. The van der Waals surface area contributed by atoms with Crippen molar-refractivity contribution in [1.29, 1.82) is 0 Å². The number of hydrogen-bond acceptors (Lipinski definition) is 4. The third-order valence-electron chi connectivity index (χ3n) is 2.56. The highest BCUT2D eigenvalue weighted by atomic mass is 35.5. The number of benzene rings is 2. The van der Waals surface area contributed by atoms with Crippen molar-refractivity contribution >= 4 is 40.3 Å². The Kier molecular flexibility index (Phi) is 3.48. The van der Waals surface area contributed by atoms with Crippen molar-refractivity contribution in [2.24, 2.45) is 0 Å². The van der Waals surface area contributed by atoms with E-state index in [4.69, 9.17) is 28.2 Å². The summed E-state index contributed by atoms with van der Waals surface area (Å²) in [7, 11) is 0. The van der Waals surface area contributed by atoms with Gasteiger partial charge in [-0.15, -0.1) is 0 Å². The normalized spacial score (nSPS) is 10.2. The van der Waals surface area contributed by atoms with Gasteiger partial charge in [0.1, 0.15) is 0 Å². The molecule has 0 atom stereocenters. The van der Waals surface area contributed by atoms with E-state index in [0.717, 1.165) is 0 Å². The fourth-order valence-electron chi connectivity index (χ4n) is 1.65. The molecule has 0 unspecified atom stereocenters. The van der Waals surface area contributed by atoms with E-state index in [1.165, 1.54) is 18.2 Å². The molecule has 98 valence electrons. The second-order valence-corrected chi connectivity index (χ2v) is 4.40. The van der Waals surface area contributed by atoms with Crippen LogP contribution in [0.3, 0.4) is 0 Å². The molecule has 0 saturated heterocycles. The van der Waals surface area contributed by atoms with Crippen LogP contribution in [0.25, 0.3) is 0 Å². The summed E-state index contributed by atoms with van der Waals surface area (Å²) in [5, 5.41) is 12.5. The zero-order chi connectivity index (χ0) is 14.0. The number of nitrogens with two attached hydrogens (primary N) is 2. The van der Waals surface area contributed by atoms with Crippen molar-refractivity contribution in [3.05, 3.63) is 47.0 Å². The molecule has 0 aliphatic heterocycles. The predicted molar refractivity (Wildman–Crippen MR) is 77.0 cm³/mol. The summed E-state index contributed by atoms with van der Waals surface area (Å²) < 4.78 is 0. The maximum absolute atomic E-state index is 11.1. The lowest BCUT2D eigenvalue weighted by Crippen LogP contribution is -2.04. The Balaban J connectivity index is 2.42. The number of nitrogen functional groups attached to an aromatic ring is 2. The van der Waals surface area contributed by atoms with Crippen LogP contribution in [-0.4, -0.2) is 11.1 Å². The summed E-state index contributed by atoms with van der Waals surface area (Å²) in [4.78, 5) is 11.1. The maximum Gasteiger partial charge on any atom is 0.337 e. The molecular weight excluding hydrogens is 266 g/mol. The highest BCUT2D eigenvalue weighted by molar-refractivity contribution is 6.31. The standard InChI is InChI=1S/C13H12ClN3O2/c14-7-1-3-9(13(18)19)12(5-7)17-11-4-2-8(15)6-10(11)16/h1-6,17H,15-16H2,(H,18,19). The first kappa shape index (κ1) is 13.0. The number of rotatable bonds is 3. The molecule has 6 N–H and O–H groups in total. The summed E-state index contributed by atoms with van der Waals surface area (Å²) in [5.74, 6) is -1.05. The van der Waals surface area contributed by atoms with Crippen LogP contribution in [0.1, 0.15) is 10.4 Å². The molecule has 5 nitrogen and oxygen atoms in total. The van der Waals surface area contributed by atoms with Gasteiger partial charge in [-0.3, -0.25) is 0 Å². The highest BCUT2D eigenvalue weighted by Crippen LogP contribution is 2.29. The van der Waals surface area contributed by atoms with E-state index in [1.54, 1.807) is 18.2 Å². The smallest absolute Gasteiger partial charge is 0.337 e. The van der Waals surface area contributed by atoms with Gasteiger partial charge in [0.2, 0.25) is 0 Å². The van der Waals surface area contributed by atoms with E-state index in [9.17, 15) is 4.79 Å². The molecule has 0 aliphatic rings. The van der Waals surface area contributed by atoms with E-state index < -0.39 is 5.97 Å². The largest absolute Gasteiger partial charge is 0.478 e. The molecule has 2 aromatic rings. The van der Waals surface area contributed by atoms with E-state index in [2.05, 4.69) is 5.32 Å². The van der Waals surface area contributed by atoms with E-state index in [-0.39, 0.29) is 5.56 Å². The number of carbonyl (C=O) groups is 1. The summed E-state index contributed by atoms with van der Waals surface area (Å²) in [6, 6.07) is 9.41. The number of hydrogen-bond donors (Lipinski definition) is 4. The number of aromatic carboxylic acids is 1. The van der Waals surface area contributed by atoms with Gasteiger partial charge in [0.25, 0.3) is 0 Å². The molecular formula is C13H12ClN3O2. The summed E-state index contributed by atoms with van der Waals surface area (Å²) in [6.45, 7) is 0. The Bertz CT molecular complexity index is 644. The first-order chi connectivity index (χ1) is 8.97. The third kappa shape index (κ3) is 2.89. The van der Waals surface area contributed by atoms with Gasteiger partial charge in [-0.2, -0.15) is 0 Å². The quantitative estimate of drug-likeness (QED) is 0.646. The van der Waals surface area contributed by atoms with Gasteiger partial charge < -0.3 is 21.9 Å². The highest BCUT2D eigenvalue weighted by Gasteiger charge is 2.11. The molecule has 0 radical (unpaired) electrons. The van der Waals surface area contributed by atoms with Crippen LogP contribution in [0.4, 0.5) is 22.7 Å². The Morgan fingerprint density at radius 1 is 1.11 bits per heavy atom. The van der Waals surface area contributed by atoms with Crippen molar-refractivity contribution in [2.75, 3.05) is 16.8 Å². The number of carboxylic acids is 1. The fourth-order valence-corrected chi connectivity index (χ4v) is 1.82. The van der Waals surface area contributed by atoms with Crippen molar-refractivity contribution in [1.82, 2.24) is 0 Å². The average molecular weight is 278 g/mol. The first-order valence-electron chi connectivity index (χ1n) is 5.42. The second kappa shape index (κ2) is 5.07. The Morgan fingerprint density at radius 2 is 1.84 bits per heavy atom. The number of carboxylic acid groups (broad SMARTS) is 1. The van der Waals surface area contributed by atoms with Crippen LogP contribution < -0.4 is 16.8 Å². The molecule has 0 aliphatic carbocycles. The molecule has 0 saturated carbocycles. The zero-order valence-corrected chi connectivity index (χ0v) is 10.6. The van der Waals surface area contributed by atoms with Gasteiger partial charge in [-0.25, -0.2) is 4.79 Å². The summed E-state index contributed by atoms with van der Waals surface area (Å²) in [6.07, 6.45) is 0. The zero-order valence-electron chi connectivity index (χ0n) is 9.85. The molecule has 0 spiro atoms. The van der Waals surface area contributed by atoms with Gasteiger partial charge >= 0.3 is 5.97 Å². The molecule has 0 aromatic heterocycles. The Labute approximate surface area is 114 Å². The maximum atomic E-state index is 11.1. The molecule has 0 heterocycles. The van der Waals surface area contributed by atoms with E-state index >= 15 is 0 Å². The average Bonchev–Trinajstić information content (AvgIpc) is 2.32. The van der Waals surface area contributed by atoms with Gasteiger partial charge in [0.05, 0.1) is 22.6 Å². The van der Waals surface area contributed by atoms with Crippen LogP contribution in [0.2, 0.25) is 5.02 Å². The lowest BCUT2D eigenvalue weighted by Gasteiger charge is -2.12. The SMILES string of the molecule is Nc1ccc(Nc2cc(Cl)ccc2C(=O)O)c(N)c1. The Hall–Kier alpha value is -2.40. The molecule has 6 heteroatoms. The number of nitrogens with one attached hydrogen (secondary N) is 1. The fraction of sp³-hybridized carbons (Fsp3) is 0. The second-order valence-electron chi connectivity index (χ2n) is 3.97. The minimum atomic E-state index is -1.05.